The number of benzene rings is 2. The number of hydrogen-bond acceptors (Lipinski definition) is 2. The van der Waals surface area contributed by atoms with E-state index in [1.807, 2.05) is 19.9 Å². The molecule has 0 bridgehead atoms. The lowest BCUT2D eigenvalue weighted by molar-refractivity contribution is 0.0784. The van der Waals surface area contributed by atoms with Crippen LogP contribution in [0.4, 0.5) is 0 Å². The van der Waals surface area contributed by atoms with Crippen molar-refractivity contribution in [3.63, 3.8) is 0 Å². The standard InChI is InChI=1S/C25H36O2/c1-9-10-20(18-11-16(2)12-19(15-18)25(7,8)27)21-13-17(3)14-22(23(21)26)24(4,5)6/h11-15,20,26-27H,9-10H2,1-8H3. The smallest absolute Gasteiger partial charge is 0.123 e. The van der Waals surface area contributed by atoms with Crippen LogP contribution < -0.4 is 0 Å². The van der Waals surface area contributed by atoms with Crippen molar-refractivity contribution in [3.05, 3.63) is 63.7 Å². The van der Waals surface area contributed by atoms with Gasteiger partial charge in [-0.1, -0.05) is 75.6 Å². The summed E-state index contributed by atoms with van der Waals surface area (Å²) >= 11 is 0. The van der Waals surface area contributed by atoms with Crippen molar-refractivity contribution in [2.75, 3.05) is 0 Å². The summed E-state index contributed by atoms with van der Waals surface area (Å²) in [6.07, 6.45) is 1.98. The maximum atomic E-state index is 11.2. The van der Waals surface area contributed by atoms with Crippen LogP contribution >= 0.6 is 0 Å². The van der Waals surface area contributed by atoms with Gasteiger partial charge in [-0.3, -0.25) is 0 Å². The van der Waals surface area contributed by atoms with Gasteiger partial charge in [0, 0.05) is 11.5 Å². The Balaban J connectivity index is 2.70. The molecule has 0 heterocycles. The van der Waals surface area contributed by atoms with Gasteiger partial charge in [0.1, 0.15) is 5.75 Å². The molecule has 2 aromatic rings. The van der Waals surface area contributed by atoms with Gasteiger partial charge in [-0.25, -0.2) is 0 Å². The second-order valence-electron chi connectivity index (χ2n) is 9.53. The van der Waals surface area contributed by atoms with Crippen molar-refractivity contribution in [2.45, 2.75) is 85.2 Å². The van der Waals surface area contributed by atoms with Gasteiger partial charge >= 0.3 is 0 Å². The van der Waals surface area contributed by atoms with Crippen molar-refractivity contribution in [2.24, 2.45) is 0 Å². The Bertz CT molecular complexity index is 804. The Kier molecular flexibility index (Phi) is 6.11. The Hall–Kier alpha value is -1.80. The highest BCUT2D eigenvalue weighted by Crippen LogP contribution is 2.42. The predicted molar refractivity (Wildman–Crippen MR) is 115 cm³/mol. The lowest BCUT2D eigenvalue weighted by atomic mass is 9.78. The second-order valence-corrected chi connectivity index (χ2v) is 9.53. The number of aliphatic hydroxyl groups is 1. The SMILES string of the molecule is CCCC(c1cc(C)cc(C(C)(C)O)c1)c1cc(C)cc(C(C)(C)C)c1O. The molecule has 2 heteroatoms. The average molecular weight is 369 g/mol. The summed E-state index contributed by atoms with van der Waals surface area (Å²) in [5.41, 5.74) is 5.37. The van der Waals surface area contributed by atoms with Crippen LogP contribution in [0.3, 0.4) is 0 Å². The first kappa shape index (κ1) is 21.5. The first-order valence-corrected chi connectivity index (χ1v) is 10.0. The summed E-state index contributed by atoms with van der Waals surface area (Å²) in [4.78, 5) is 0. The van der Waals surface area contributed by atoms with Crippen molar-refractivity contribution < 1.29 is 10.2 Å². The Morgan fingerprint density at radius 2 is 1.48 bits per heavy atom. The average Bonchev–Trinajstić information content (AvgIpc) is 2.52. The fraction of sp³-hybridized carbons (Fsp3) is 0.520. The normalized spacial score (nSPS) is 13.7. The number of aryl methyl sites for hydroxylation is 2. The molecule has 0 aliphatic heterocycles. The second kappa shape index (κ2) is 7.67. The van der Waals surface area contributed by atoms with E-state index in [2.05, 4.69) is 65.8 Å². The number of phenols is 1. The van der Waals surface area contributed by atoms with Gasteiger partial charge in [0.2, 0.25) is 0 Å². The summed E-state index contributed by atoms with van der Waals surface area (Å²) in [6, 6.07) is 10.6. The zero-order chi connectivity index (χ0) is 20.6. The van der Waals surface area contributed by atoms with E-state index in [4.69, 9.17) is 0 Å². The third-order valence-electron chi connectivity index (χ3n) is 5.25. The molecule has 2 rings (SSSR count). The van der Waals surface area contributed by atoms with Crippen LogP contribution in [-0.2, 0) is 11.0 Å². The van der Waals surface area contributed by atoms with Crippen LogP contribution in [-0.4, -0.2) is 10.2 Å². The van der Waals surface area contributed by atoms with Gasteiger partial charge in [-0.2, -0.15) is 0 Å². The molecule has 0 amide bonds. The molecule has 148 valence electrons. The minimum Gasteiger partial charge on any atom is -0.507 e. The van der Waals surface area contributed by atoms with Crippen LogP contribution in [0.5, 0.6) is 5.75 Å². The first-order chi connectivity index (χ1) is 12.3. The topological polar surface area (TPSA) is 40.5 Å². The van der Waals surface area contributed by atoms with E-state index >= 15 is 0 Å². The minimum atomic E-state index is -0.886. The largest absolute Gasteiger partial charge is 0.507 e. The lowest BCUT2D eigenvalue weighted by Crippen LogP contribution is -2.17. The van der Waals surface area contributed by atoms with E-state index in [0.717, 1.165) is 40.7 Å². The van der Waals surface area contributed by atoms with Gasteiger partial charge in [-0.05, 0) is 56.2 Å². The predicted octanol–water partition coefficient (Wildman–Crippen LogP) is 6.47. The molecule has 0 aliphatic rings. The van der Waals surface area contributed by atoms with Gasteiger partial charge < -0.3 is 10.2 Å². The number of aromatic hydroxyl groups is 1. The summed E-state index contributed by atoms with van der Waals surface area (Å²) in [5.74, 6) is 0.523. The zero-order valence-electron chi connectivity index (χ0n) is 18.3. The van der Waals surface area contributed by atoms with E-state index in [1.54, 1.807) is 0 Å². The van der Waals surface area contributed by atoms with Gasteiger partial charge in [0.25, 0.3) is 0 Å². The summed E-state index contributed by atoms with van der Waals surface area (Å²) in [7, 11) is 0. The van der Waals surface area contributed by atoms with Crippen molar-refractivity contribution >= 4 is 0 Å². The van der Waals surface area contributed by atoms with Crippen molar-refractivity contribution in [1.29, 1.82) is 0 Å². The van der Waals surface area contributed by atoms with E-state index in [9.17, 15) is 10.2 Å². The molecule has 27 heavy (non-hydrogen) atoms. The monoisotopic (exact) mass is 368 g/mol. The molecule has 0 spiro atoms. The fourth-order valence-corrected chi connectivity index (χ4v) is 3.80. The molecule has 0 radical (unpaired) electrons. The first-order valence-electron chi connectivity index (χ1n) is 10.0. The Labute approximate surface area is 165 Å². The lowest BCUT2D eigenvalue weighted by Gasteiger charge is -2.27. The highest BCUT2D eigenvalue weighted by molar-refractivity contribution is 5.52. The summed E-state index contributed by atoms with van der Waals surface area (Å²) < 4.78 is 0. The van der Waals surface area contributed by atoms with E-state index in [-0.39, 0.29) is 11.3 Å². The van der Waals surface area contributed by atoms with Gasteiger partial charge in [-0.15, -0.1) is 0 Å². The molecule has 0 fully saturated rings. The van der Waals surface area contributed by atoms with Crippen molar-refractivity contribution in [3.8, 4) is 5.75 Å². The molecule has 2 nitrogen and oxygen atoms in total. The molecule has 2 N–H and O–H groups in total. The van der Waals surface area contributed by atoms with Crippen LogP contribution in [0.25, 0.3) is 0 Å². The molecule has 2 aromatic carbocycles. The third-order valence-corrected chi connectivity index (χ3v) is 5.25. The van der Waals surface area contributed by atoms with Gasteiger partial charge in [0.05, 0.1) is 5.60 Å². The van der Waals surface area contributed by atoms with Gasteiger partial charge in [0.15, 0.2) is 0 Å². The molecule has 0 saturated carbocycles. The number of rotatable bonds is 5. The Morgan fingerprint density at radius 1 is 0.889 bits per heavy atom. The highest BCUT2D eigenvalue weighted by atomic mass is 16.3. The molecule has 0 saturated heterocycles. The molecule has 1 unspecified atom stereocenters. The Morgan fingerprint density at radius 3 is 2.00 bits per heavy atom. The molecule has 1 atom stereocenters. The maximum Gasteiger partial charge on any atom is 0.123 e. The zero-order valence-corrected chi connectivity index (χ0v) is 18.3. The molecule has 0 aliphatic carbocycles. The van der Waals surface area contributed by atoms with E-state index in [0.29, 0.717) is 5.75 Å². The molecular weight excluding hydrogens is 332 g/mol. The third kappa shape index (κ3) is 4.93. The van der Waals surface area contributed by atoms with Crippen LogP contribution in [0, 0.1) is 13.8 Å². The minimum absolute atomic E-state index is 0.108. The highest BCUT2D eigenvalue weighted by Gasteiger charge is 2.26. The van der Waals surface area contributed by atoms with Crippen LogP contribution in [0.15, 0.2) is 30.3 Å². The number of hydrogen-bond donors (Lipinski definition) is 2. The van der Waals surface area contributed by atoms with Crippen molar-refractivity contribution in [1.82, 2.24) is 0 Å². The van der Waals surface area contributed by atoms with Crippen LogP contribution in [0.1, 0.15) is 93.7 Å². The quantitative estimate of drug-likeness (QED) is 0.635. The summed E-state index contributed by atoms with van der Waals surface area (Å²) in [5, 5.41) is 21.7. The maximum absolute atomic E-state index is 11.2. The fourth-order valence-electron chi connectivity index (χ4n) is 3.80. The van der Waals surface area contributed by atoms with E-state index in [1.165, 1.54) is 5.56 Å². The molecular formula is C25H36O2. The summed E-state index contributed by atoms with van der Waals surface area (Å²) in [6.45, 7) is 16.4. The molecule has 0 aromatic heterocycles. The number of phenolic OH excluding ortho intramolecular Hbond substituents is 1. The van der Waals surface area contributed by atoms with Crippen LogP contribution in [0.2, 0.25) is 0 Å². The van der Waals surface area contributed by atoms with E-state index < -0.39 is 5.60 Å².